The van der Waals surface area contributed by atoms with Crippen LogP contribution >= 0.6 is 0 Å². The Balaban J connectivity index is 3.85. The van der Waals surface area contributed by atoms with Crippen molar-refractivity contribution in [2.75, 3.05) is 0 Å². The molecular formula is C16H34Se3. The van der Waals surface area contributed by atoms with E-state index >= 15 is 0 Å². The Bertz CT molecular complexity index is 157. The van der Waals surface area contributed by atoms with Gasteiger partial charge in [0.15, 0.2) is 0 Å². The van der Waals surface area contributed by atoms with Gasteiger partial charge in [-0.25, -0.2) is 0 Å². The third kappa shape index (κ3) is 15.8. The van der Waals surface area contributed by atoms with Crippen molar-refractivity contribution in [1.29, 1.82) is 0 Å². The summed E-state index contributed by atoms with van der Waals surface area (Å²) in [6.07, 6.45) is 4.41. The summed E-state index contributed by atoms with van der Waals surface area (Å²) >= 11 is 2.87. The van der Waals surface area contributed by atoms with Crippen molar-refractivity contribution in [3.63, 3.8) is 0 Å². The van der Waals surface area contributed by atoms with Gasteiger partial charge in [-0.15, -0.1) is 0 Å². The predicted molar refractivity (Wildman–Crippen MR) is 93.8 cm³/mol. The van der Waals surface area contributed by atoms with E-state index in [0.29, 0.717) is 0 Å². The van der Waals surface area contributed by atoms with Crippen molar-refractivity contribution in [3.05, 3.63) is 0 Å². The maximum atomic E-state index is 2.37. The molecule has 0 aliphatic heterocycles. The minimum atomic E-state index is 0.911. The number of hydrogen-bond donors (Lipinski definition) is 0. The molecule has 0 radical (unpaired) electrons. The van der Waals surface area contributed by atoms with Crippen LogP contribution in [0.5, 0.6) is 0 Å². The SMILES string of the molecule is CC(C)CC[Se]C([Se]CCC(C)C)[Se]CCC(C)C. The molecular weight excluding hydrogens is 429 g/mol. The molecule has 0 N–H and O–H groups in total. The molecule has 0 heterocycles. The quantitative estimate of drug-likeness (QED) is 0.350. The van der Waals surface area contributed by atoms with Crippen LogP contribution in [0.25, 0.3) is 0 Å². The van der Waals surface area contributed by atoms with E-state index in [1.807, 2.05) is 0 Å². The summed E-state index contributed by atoms with van der Waals surface area (Å²) in [5, 5.41) is 4.63. The molecule has 0 aliphatic carbocycles. The fourth-order valence-electron chi connectivity index (χ4n) is 1.34. The Morgan fingerprint density at radius 3 is 1.00 bits per heavy atom. The first kappa shape index (κ1) is 20.6. The van der Waals surface area contributed by atoms with Gasteiger partial charge in [-0.3, -0.25) is 0 Å². The van der Waals surface area contributed by atoms with Crippen LogP contribution < -0.4 is 0 Å². The van der Waals surface area contributed by atoms with Crippen molar-refractivity contribution >= 4 is 44.9 Å². The zero-order chi connectivity index (χ0) is 14.7. The average Bonchev–Trinajstić information content (AvgIpc) is 2.26. The summed E-state index contributed by atoms with van der Waals surface area (Å²) in [4.78, 5) is 0. The first-order valence-electron chi connectivity index (χ1n) is 7.76. The third-order valence-corrected chi connectivity index (χ3v) is 16.4. The molecule has 0 nitrogen and oxygen atoms in total. The van der Waals surface area contributed by atoms with Gasteiger partial charge in [-0.1, -0.05) is 0 Å². The van der Waals surface area contributed by atoms with E-state index in [0.717, 1.165) is 62.6 Å². The normalized spacial score (nSPS) is 12.3. The first-order valence-corrected chi connectivity index (χ1v) is 14.4. The summed E-state index contributed by atoms with van der Waals surface area (Å²) in [6, 6.07) is 0. The van der Waals surface area contributed by atoms with Crippen molar-refractivity contribution < 1.29 is 0 Å². The molecule has 0 bridgehead atoms. The fourth-order valence-corrected chi connectivity index (χ4v) is 16.4. The van der Waals surface area contributed by atoms with E-state index in [1.54, 1.807) is 16.0 Å². The van der Waals surface area contributed by atoms with E-state index < -0.39 is 0 Å². The van der Waals surface area contributed by atoms with Gasteiger partial charge in [0, 0.05) is 0 Å². The molecule has 116 valence electrons. The van der Waals surface area contributed by atoms with Crippen molar-refractivity contribution in [3.8, 4) is 0 Å². The minimum absolute atomic E-state index is 0.911. The standard InChI is InChI=1S/C16H34Se3/c1-13(2)7-10-17-16(18-11-8-14(3)4)19-12-9-15(5)6/h13-16H,7-12H2,1-6H3. The second-order valence-corrected chi connectivity index (χ2v) is 18.6. The summed E-state index contributed by atoms with van der Waals surface area (Å²) in [5.41, 5.74) is 0. The van der Waals surface area contributed by atoms with Gasteiger partial charge in [-0.2, -0.15) is 0 Å². The molecule has 0 spiro atoms. The van der Waals surface area contributed by atoms with E-state index in [-0.39, 0.29) is 0 Å². The summed E-state index contributed by atoms with van der Waals surface area (Å²) < 4.78 is 1.20. The van der Waals surface area contributed by atoms with Gasteiger partial charge in [0.05, 0.1) is 0 Å². The molecule has 19 heavy (non-hydrogen) atoms. The van der Waals surface area contributed by atoms with Crippen molar-refractivity contribution in [1.82, 2.24) is 0 Å². The Hall–Kier alpha value is 1.56. The van der Waals surface area contributed by atoms with E-state index in [2.05, 4.69) is 41.5 Å². The Kier molecular flexibility index (Phi) is 14.3. The van der Waals surface area contributed by atoms with Gasteiger partial charge in [0.25, 0.3) is 0 Å². The Morgan fingerprint density at radius 2 is 0.789 bits per heavy atom. The molecule has 0 saturated heterocycles. The molecule has 0 amide bonds. The molecule has 0 atom stereocenters. The molecule has 0 aromatic rings. The molecule has 0 aliphatic rings. The predicted octanol–water partition coefficient (Wildman–Crippen LogP) is 5.20. The number of hydrogen-bond acceptors (Lipinski definition) is 0. The third-order valence-electron chi connectivity index (χ3n) is 2.85. The summed E-state index contributed by atoms with van der Waals surface area (Å²) in [7, 11) is 0. The van der Waals surface area contributed by atoms with Crippen LogP contribution in [0.15, 0.2) is 0 Å². The van der Waals surface area contributed by atoms with Crippen LogP contribution in [0, 0.1) is 17.8 Å². The Labute approximate surface area is 141 Å². The zero-order valence-corrected chi connectivity index (χ0v) is 18.9. The second-order valence-electron chi connectivity index (χ2n) is 6.45. The summed E-state index contributed by atoms with van der Waals surface area (Å²) in [5.74, 6) is 2.73. The Morgan fingerprint density at radius 1 is 0.526 bits per heavy atom. The monoisotopic (exact) mass is 466 g/mol. The average molecular weight is 463 g/mol. The molecule has 3 heteroatoms. The van der Waals surface area contributed by atoms with Gasteiger partial charge >= 0.3 is 142 Å². The first-order chi connectivity index (χ1) is 8.91. The van der Waals surface area contributed by atoms with Crippen LogP contribution in [-0.2, 0) is 0 Å². The molecule has 0 saturated carbocycles. The molecule has 0 aromatic heterocycles. The van der Waals surface area contributed by atoms with Gasteiger partial charge in [-0.05, 0) is 0 Å². The maximum absolute atomic E-state index is 2.37. The van der Waals surface area contributed by atoms with Crippen LogP contribution in [0.2, 0.25) is 18.6 Å². The van der Waals surface area contributed by atoms with Gasteiger partial charge in [0.2, 0.25) is 0 Å². The van der Waals surface area contributed by atoms with Gasteiger partial charge in [0.1, 0.15) is 0 Å². The summed E-state index contributed by atoms with van der Waals surface area (Å²) in [6.45, 7) is 14.2. The molecule has 0 aromatic carbocycles. The van der Waals surface area contributed by atoms with E-state index in [1.165, 1.54) is 21.9 Å². The topological polar surface area (TPSA) is 0 Å². The molecule has 0 unspecified atom stereocenters. The zero-order valence-electron chi connectivity index (χ0n) is 13.8. The van der Waals surface area contributed by atoms with E-state index in [9.17, 15) is 0 Å². The van der Waals surface area contributed by atoms with Crippen LogP contribution in [0.4, 0.5) is 0 Å². The van der Waals surface area contributed by atoms with Crippen LogP contribution in [0.1, 0.15) is 60.8 Å². The fraction of sp³-hybridized carbons (Fsp3) is 1.00. The number of rotatable bonds is 12. The van der Waals surface area contributed by atoms with E-state index in [4.69, 9.17) is 0 Å². The molecule has 0 rings (SSSR count). The molecule has 0 fully saturated rings. The second kappa shape index (κ2) is 13.2. The van der Waals surface area contributed by atoms with Crippen molar-refractivity contribution in [2.24, 2.45) is 17.8 Å². The van der Waals surface area contributed by atoms with Crippen LogP contribution in [0.3, 0.4) is 0 Å². The van der Waals surface area contributed by atoms with Crippen molar-refractivity contribution in [2.45, 2.75) is 79.4 Å². The van der Waals surface area contributed by atoms with Crippen LogP contribution in [-0.4, -0.2) is 44.9 Å². The van der Waals surface area contributed by atoms with Gasteiger partial charge < -0.3 is 0 Å².